The molecule has 1 unspecified atom stereocenters. The summed E-state index contributed by atoms with van der Waals surface area (Å²) in [5.41, 5.74) is 2.75. The summed E-state index contributed by atoms with van der Waals surface area (Å²) in [4.78, 5) is 22.9. The molecular formula is C17H18N4O. The Hall–Kier alpha value is -2.69. The SMILES string of the molecule is C=CCNC(=O)c1ccnc(N2c3ccccc3CC2C)n1. The Morgan fingerprint density at radius 2 is 2.27 bits per heavy atom. The number of amides is 1. The number of carbonyl (C=O) groups excluding carboxylic acids is 1. The maximum Gasteiger partial charge on any atom is 0.270 e. The van der Waals surface area contributed by atoms with Crippen LogP contribution in [0.2, 0.25) is 0 Å². The van der Waals surface area contributed by atoms with Crippen molar-refractivity contribution >= 4 is 17.5 Å². The van der Waals surface area contributed by atoms with E-state index < -0.39 is 0 Å². The minimum atomic E-state index is -0.219. The molecule has 5 heteroatoms. The smallest absolute Gasteiger partial charge is 0.270 e. The van der Waals surface area contributed by atoms with Gasteiger partial charge in [0.05, 0.1) is 0 Å². The van der Waals surface area contributed by atoms with Crippen molar-refractivity contribution in [2.75, 3.05) is 11.4 Å². The summed E-state index contributed by atoms with van der Waals surface area (Å²) >= 11 is 0. The molecule has 2 aromatic rings. The first-order valence-electron chi connectivity index (χ1n) is 7.30. The lowest BCUT2D eigenvalue weighted by Crippen LogP contribution is -2.28. The van der Waals surface area contributed by atoms with Crippen LogP contribution in [0, 0.1) is 0 Å². The molecule has 0 fully saturated rings. The van der Waals surface area contributed by atoms with E-state index in [0.717, 1.165) is 12.1 Å². The van der Waals surface area contributed by atoms with Gasteiger partial charge in [0.15, 0.2) is 0 Å². The Balaban J connectivity index is 1.92. The molecule has 0 bridgehead atoms. The highest BCUT2D eigenvalue weighted by atomic mass is 16.1. The van der Waals surface area contributed by atoms with E-state index >= 15 is 0 Å². The molecule has 1 N–H and O–H groups in total. The van der Waals surface area contributed by atoms with E-state index in [0.29, 0.717) is 18.2 Å². The average Bonchev–Trinajstić information content (AvgIpc) is 2.88. The monoisotopic (exact) mass is 294 g/mol. The van der Waals surface area contributed by atoms with E-state index in [4.69, 9.17) is 0 Å². The molecule has 5 nitrogen and oxygen atoms in total. The second-order valence-electron chi connectivity index (χ2n) is 5.29. The van der Waals surface area contributed by atoms with Gasteiger partial charge in [-0.25, -0.2) is 9.97 Å². The third-order valence-corrected chi connectivity index (χ3v) is 3.71. The van der Waals surface area contributed by atoms with Crippen LogP contribution >= 0.6 is 0 Å². The number of para-hydroxylation sites is 1. The lowest BCUT2D eigenvalue weighted by Gasteiger charge is -2.22. The molecule has 0 saturated carbocycles. The molecule has 112 valence electrons. The van der Waals surface area contributed by atoms with Crippen molar-refractivity contribution in [1.29, 1.82) is 0 Å². The van der Waals surface area contributed by atoms with Crippen LogP contribution in [0.15, 0.2) is 49.2 Å². The molecule has 1 aromatic heterocycles. The molecule has 1 amide bonds. The van der Waals surface area contributed by atoms with Crippen LogP contribution in [0.3, 0.4) is 0 Å². The molecule has 0 spiro atoms. The van der Waals surface area contributed by atoms with Crippen LogP contribution in [0.25, 0.3) is 0 Å². The molecular weight excluding hydrogens is 276 g/mol. The minimum absolute atomic E-state index is 0.219. The molecule has 22 heavy (non-hydrogen) atoms. The average molecular weight is 294 g/mol. The van der Waals surface area contributed by atoms with Crippen molar-refractivity contribution in [2.24, 2.45) is 0 Å². The zero-order chi connectivity index (χ0) is 15.5. The summed E-state index contributed by atoms with van der Waals surface area (Å²) < 4.78 is 0. The third-order valence-electron chi connectivity index (χ3n) is 3.71. The zero-order valence-corrected chi connectivity index (χ0v) is 12.5. The fourth-order valence-corrected chi connectivity index (χ4v) is 2.72. The van der Waals surface area contributed by atoms with Gasteiger partial charge in [0.25, 0.3) is 5.91 Å². The molecule has 2 heterocycles. The summed E-state index contributed by atoms with van der Waals surface area (Å²) in [6.45, 7) is 6.14. The number of hydrogen-bond acceptors (Lipinski definition) is 4. The van der Waals surface area contributed by atoms with E-state index in [2.05, 4.69) is 45.8 Å². The van der Waals surface area contributed by atoms with Crippen molar-refractivity contribution in [2.45, 2.75) is 19.4 Å². The molecule has 0 saturated heterocycles. The van der Waals surface area contributed by atoms with Gasteiger partial charge in [-0.15, -0.1) is 6.58 Å². The van der Waals surface area contributed by atoms with Crippen LogP contribution in [-0.2, 0) is 6.42 Å². The molecule has 1 aliphatic rings. The van der Waals surface area contributed by atoms with Gasteiger partial charge in [-0.3, -0.25) is 4.79 Å². The highest BCUT2D eigenvalue weighted by Crippen LogP contribution is 2.36. The summed E-state index contributed by atoms with van der Waals surface area (Å²) in [7, 11) is 0. The number of rotatable bonds is 4. The number of nitrogens with zero attached hydrogens (tertiary/aromatic N) is 3. The Kier molecular flexibility index (Phi) is 3.87. The van der Waals surface area contributed by atoms with Gasteiger partial charge in [-0.2, -0.15) is 0 Å². The number of benzene rings is 1. The lowest BCUT2D eigenvalue weighted by atomic mass is 10.1. The van der Waals surface area contributed by atoms with Crippen molar-refractivity contribution < 1.29 is 4.79 Å². The molecule has 1 atom stereocenters. The maximum absolute atomic E-state index is 12.0. The number of anilines is 2. The van der Waals surface area contributed by atoms with Gasteiger partial charge in [0.2, 0.25) is 5.95 Å². The van der Waals surface area contributed by atoms with Crippen molar-refractivity contribution in [1.82, 2.24) is 15.3 Å². The molecule has 0 radical (unpaired) electrons. The fraction of sp³-hybridized carbons (Fsp3) is 0.235. The van der Waals surface area contributed by atoms with Crippen molar-refractivity contribution in [3.05, 3.63) is 60.4 Å². The van der Waals surface area contributed by atoms with E-state index in [-0.39, 0.29) is 11.9 Å². The Bertz CT molecular complexity index is 713. The Morgan fingerprint density at radius 1 is 1.45 bits per heavy atom. The van der Waals surface area contributed by atoms with Crippen molar-refractivity contribution in [3.8, 4) is 0 Å². The lowest BCUT2D eigenvalue weighted by molar-refractivity contribution is 0.0953. The molecule has 3 rings (SSSR count). The normalized spacial score (nSPS) is 16.2. The zero-order valence-electron chi connectivity index (χ0n) is 12.5. The maximum atomic E-state index is 12.0. The predicted octanol–water partition coefficient (Wildman–Crippen LogP) is 2.48. The fourth-order valence-electron chi connectivity index (χ4n) is 2.72. The van der Waals surface area contributed by atoms with Crippen LogP contribution in [-0.4, -0.2) is 28.5 Å². The van der Waals surface area contributed by atoms with E-state index in [1.165, 1.54) is 5.56 Å². The van der Waals surface area contributed by atoms with Gasteiger partial charge in [-0.05, 0) is 31.0 Å². The minimum Gasteiger partial charge on any atom is -0.347 e. The van der Waals surface area contributed by atoms with Gasteiger partial charge >= 0.3 is 0 Å². The second kappa shape index (κ2) is 5.97. The predicted molar refractivity (Wildman–Crippen MR) is 86.3 cm³/mol. The van der Waals surface area contributed by atoms with E-state index in [1.807, 2.05) is 12.1 Å². The first kappa shape index (κ1) is 14.3. The number of nitrogens with one attached hydrogen (secondary N) is 1. The summed E-state index contributed by atoms with van der Waals surface area (Å²) in [6.07, 6.45) is 4.21. The quantitative estimate of drug-likeness (QED) is 0.880. The van der Waals surface area contributed by atoms with Gasteiger partial charge in [0.1, 0.15) is 5.69 Å². The molecule has 0 aliphatic carbocycles. The van der Waals surface area contributed by atoms with Crippen LogP contribution in [0.1, 0.15) is 23.0 Å². The number of carbonyl (C=O) groups is 1. The highest BCUT2D eigenvalue weighted by Gasteiger charge is 2.28. The Morgan fingerprint density at radius 3 is 3.09 bits per heavy atom. The third kappa shape index (κ3) is 2.57. The van der Waals surface area contributed by atoms with Crippen molar-refractivity contribution in [3.63, 3.8) is 0 Å². The summed E-state index contributed by atoms with van der Waals surface area (Å²) in [5.74, 6) is 0.340. The van der Waals surface area contributed by atoms with Crippen LogP contribution in [0.5, 0.6) is 0 Å². The number of aromatic nitrogens is 2. The second-order valence-corrected chi connectivity index (χ2v) is 5.29. The Labute approximate surface area is 129 Å². The highest BCUT2D eigenvalue weighted by molar-refractivity contribution is 5.92. The van der Waals surface area contributed by atoms with Crippen LogP contribution in [0.4, 0.5) is 11.6 Å². The van der Waals surface area contributed by atoms with Gasteiger partial charge < -0.3 is 10.2 Å². The van der Waals surface area contributed by atoms with E-state index in [1.54, 1.807) is 18.3 Å². The van der Waals surface area contributed by atoms with E-state index in [9.17, 15) is 4.79 Å². The number of fused-ring (bicyclic) bond motifs is 1. The van der Waals surface area contributed by atoms with Gasteiger partial charge in [0, 0.05) is 24.5 Å². The largest absolute Gasteiger partial charge is 0.347 e. The van der Waals surface area contributed by atoms with Gasteiger partial charge in [-0.1, -0.05) is 24.3 Å². The standard InChI is InChI=1S/C17H18N4O/c1-3-9-18-16(22)14-8-10-19-17(20-14)21-12(2)11-13-6-4-5-7-15(13)21/h3-8,10,12H,1,9,11H2,2H3,(H,18,22). The first-order valence-corrected chi connectivity index (χ1v) is 7.30. The topological polar surface area (TPSA) is 58.1 Å². The molecule has 1 aliphatic heterocycles. The summed E-state index contributed by atoms with van der Waals surface area (Å²) in [5, 5.41) is 2.73. The number of hydrogen-bond donors (Lipinski definition) is 1. The summed E-state index contributed by atoms with van der Waals surface area (Å²) in [6, 6.07) is 10.1. The molecule has 1 aromatic carbocycles. The first-order chi connectivity index (χ1) is 10.7. The van der Waals surface area contributed by atoms with Crippen LogP contribution < -0.4 is 10.2 Å².